The van der Waals surface area contributed by atoms with E-state index in [1.165, 1.54) is 0 Å². The summed E-state index contributed by atoms with van der Waals surface area (Å²) >= 11 is 0. The van der Waals surface area contributed by atoms with Crippen LogP contribution in [-0.2, 0) is 14.0 Å². The highest BCUT2D eigenvalue weighted by atomic mass is 28.4. The van der Waals surface area contributed by atoms with Gasteiger partial charge in [-0.25, -0.2) is 0 Å². The van der Waals surface area contributed by atoms with Crippen molar-refractivity contribution in [1.82, 2.24) is 0 Å². The predicted molar refractivity (Wildman–Crippen MR) is 70.8 cm³/mol. The molecule has 0 fully saturated rings. The van der Waals surface area contributed by atoms with Crippen molar-refractivity contribution < 1.29 is 19.1 Å². The maximum Gasteiger partial charge on any atom is 0.303 e. The summed E-state index contributed by atoms with van der Waals surface area (Å²) in [7, 11) is -1.67. The fourth-order valence-electron chi connectivity index (χ4n) is 1.000. The number of hydrogen-bond donors (Lipinski definition) is 1. The molecule has 0 aliphatic heterocycles. The van der Waals surface area contributed by atoms with Crippen LogP contribution >= 0.6 is 0 Å². The monoisotopic (exact) mass is 262 g/mol. The van der Waals surface area contributed by atoms with Crippen molar-refractivity contribution in [3.8, 4) is 0 Å². The van der Waals surface area contributed by atoms with E-state index in [0.29, 0.717) is 26.2 Å². The minimum atomic E-state index is -1.67. The van der Waals surface area contributed by atoms with E-state index in [2.05, 4.69) is 33.9 Å². The van der Waals surface area contributed by atoms with Crippen molar-refractivity contribution in [3.63, 3.8) is 0 Å². The van der Waals surface area contributed by atoms with E-state index >= 15 is 0 Å². The van der Waals surface area contributed by atoms with Crippen LogP contribution in [-0.4, -0.2) is 39.2 Å². The molecule has 0 aliphatic rings. The molecule has 0 radical (unpaired) electrons. The van der Waals surface area contributed by atoms with Gasteiger partial charge < -0.3 is 14.3 Å². The van der Waals surface area contributed by atoms with E-state index in [1.54, 1.807) is 0 Å². The van der Waals surface area contributed by atoms with Gasteiger partial charge in [-0.05, 0) is 24.6 Å². The Morgan fingerprint density at radius 3 is 2.24 bits per heavy atom. The van der Waals surface area contributed by atoms with E-state index in [1.807, 2.05) is 0 Å². The van der Waals surface area contributed by atoms with E-state index in [-0.39, 0.29) is 11.5 Å². The topological polar surface area (TPSA) is 55.8 Å². The zero-order valence-corrected chi connectivity index (χ0v) is 12.7. The molecule has 0 aromatic heterocycles. The summed E-state index contributed by atoms with van der Waals surface area (Å²) in [5.74, 6) is -0.772. The van der Waals surface area contributed by atoms with E-state index in [4.69, 9.17) is 14.3 Å². The van der Waals surface area contributed by atoms with Crippen LogP contribution in [0.4, 0.5) is 0 Å². The van der Waals surface area contributed by atoms with Crippen LogP contribution in [0.1, 0.15) is 33.6 Å². The van der Waals surface area contributed by atoms with Gasteiger partial charge in [0.1, 0.15) is 0 Å². The first-order valence-corrected chi connectivity index (χ1v) is 9.01. The molecule has 0 saturated carbocycles. The average Bonchev–Trinajstić information content (AvgIpc) is 2.13. The van der Waals surface area contributed by atoms with Crippen LogP contribution in [0.3, 0.4) is 0 Å². The third kappa shape index (κ3) is 7.52. The van der Waals surface area contributed by atoms with Crippen LogP contribution in [0.15, 0.2) is 0 Å². The van der Waals surface area contributed by atoms with Gasteiger partial charge in [0.05, 0.1) is 13.2 Å². The van der Waals surface area contributed by atoms with Crippen LogP contribution in [0.25, 0.3) is 0 Å². The van der Waals surface area contributed by atoms with Crippen molar-refractivity contribution in [2.24, 2.45) is 0 Å². The molecule has 0 rings (SSSR count). The fourth-order valence-corrected chi connectivity index (χ4v) is 2.03. The van der Waals surface area contributed by atoms with Crippen molar-refractivity contribution in [1.29, 1.82) is 0 Å². The van der Waals surface area contributed by atoms with Crippen molar-refractivity contribution in [2.45, 2.75) is 51.7 Å². The fraction of sp³-hybridized carbons (Fsp3) is 0.917. The second kappa shape index (κ2) is 7.13. The van der Waals surface area contributed by atoms with E-state index < -0.39 is 14.3 Å². The summed E-state index contributed by atoms with van der Waals surface area (Å²) in [5, 5.41) is 8.66. The molecule has 1 N–H and O–H groups in total. The summed E-state index contributed by atoms with van der Waals surface area (Å²) in [6, 6.07) is 0. The Labute approximate surface area is 105 Å². The molecule has 0 spiro atoms. The molecule has 0 aromatic carbocycles. The lowest BCUT2D eigenvalue weighted by Gasteiger charge is -2.36. The Morgan fingerprint density at radius 1 is 1.18 bits per heavy atom. The van der Waals surface area contributed by atoms with Gasteiger partial charge in [0, 0.05) is 13.0 Å². The number of rotatable bonds is 8. The van der Waals surface area contributed by atoms with Gasteiger partial charge in [-0.1, -0.05) is 20.8 Å². The van der Waals surface area contributed by atoms with Gasteiger partial charge in [-0.15, -0.1) is 0 Å². The summed E-state index contributed by atoms with van der Waals surface area (Å²) in [6.07, 6.45) is 0.735. The lowest BCUT2D eigenvalue weighted by atomic mass is 10.2. The molecular formula is C12H26O4Si. The predicted octanol–water partition coefficient (Wildman–Crippen LogP) is 2.89. The van der Waals surface area contributed by atoms with Crippen LogP contribution in [0, 0.1) is 0 Å². The number of carbonyl (C=O) groups is 1. The second-order valence-corrected chi connectivity index (χ2v) is 10.5. The molecule has 0 saturated heterocycles. The number of carboxylic acid groups (broad SMARTS) is 1. The number of carboxylic acids is 1. The quantitative estimate of drug-likeness (QED) is 0.540. The molecule has 0 bridgehead atoms. The highest BCUT2D eigenvalue weighted by Crippen LogP contribution is 2.36. The minimum absolute atomic E-state index is 0.170. The van der Waals surface area contributed by atoms with Gasteiger partial charge in [-0.3, -0.25) is 4.79 Å². The summed E-state index contributed by atoms with van der Waals surface area (Å²) < 4.78 is 11.2. The third-order valence-corrected chi connectivity index (χ3v) is 7.71. The largest absolute Gasteiger partial charge is 0.481 e. The number of ether oxygens (including phenoxy) is 1. The average molecular weight is 262 g/mol. The Bertz CT molecular complexity index is 233. The van der Waals surface area contributed by atoms with Crippen molar-refractivity contribution in [3.05, 3.63) is 0 Å². The molecule has 5 heteroatoms. The maximum atomic E-state index is 10.3. The first-order chi connectivity index (χ1) is 7.67. The molecule has 0 amide bonds. The Hall–Kier alpha value is -0.393. The van der Waals surface area contributed by atoms with E-state index in [9.17, 15) is 4.79 Å². The molecule has 0 atom stereocenters. The van der Waals surface area contributed by atoms with Crippen LogP contribution in [0.2, 0.25) is 18.1 Å². The van der Waals surface area contributed by atoms with Gasteiger partial charge in [0.15, 0.2) is 8.32 Å². The lowest BCUT2D eigenvalue weighted by molar-refractivity contribution is -0.137. The third-order valence-electron chi connectivity index (χ3n) is 3.18. The molecule has 102 valence electrons. The van der Waals surface area contributed by atoms with Gasteiger partial charge in [-0.2, -0.15) is 0 Å². The Morgan fingerprint density at radius 2 is 1.76 bits per heavy atom. The first kappa shape index (κ1) is 16.6. The molecule has 0 unspecified atom stereocenters. The number of hydrogen-bond acceptors (Lipinski definition) is 3. The van der Waals surface area contributed by atoms with E-state index in [0.717, 1.165) is 0 Å². The number of aliphatic carboxylic acids is 1. The molecule has 17 heavy (non-hydrogen) atoms. The molecule has 4 nitrogen and oxygen atoms in total. The zero-order chi connectivity index (χ0) is 13.5. The Kier molecular flexibility index (Phi) is 6.97. The van der Waals surface area contributed by atoms with Crippen molar-refractivity contribution >= 4 is 14.3 Å². The first-order valence-electron chi connectivity index (χ1n) is 6.10. The second-order valence-electron chi connectivity index (χ2n) is 5.72. The zero-order valence-electron chi connectivity index (χ0n) is 11.7. The van der Waals surface area contributed by atoms with Crippen LogP contribution < -0.4 is 0 Å². The van der Waals surface area contributed by atoms with Gasteiger partial charge in [0.25, 0.3) is 0 Å². The normalized spacial score (nSPS) is 12.8. The highest BCUT2D eigenvalue weighted by Gasteiger charge is 2.36. The minimum Gasteiger partial charge on any atom is -0.481 e. The summed E-state index contributed by atoms with van der Waals surface area (Å²) in [5.41, 5.74) is 0. The van der Waals surface area contributed by atoms with Crippen molar-refractivity contribution in [2.75, 3.05) is 19.8 Å². The standard InChI is InChI=1S/C12H26O4Si/c1-12(2,3)17(4,5)16-10-9-15-8-6-7-11(13)14/h6-10H2,1-5H3,(H,13,14). The molecule has 0 heterocycles. The summed E-state index contributed by atoms with van der Waals surface area (Å²) in [4.78, 5) is 10.3. The molecule has 0 aliphatic carbocycles. The molecule has 0 aromatic rings. The SMILES string of the molecule is CC(C)(C)[Si](C)(C)OCCOCCCC(=O)O. The Balaban J connectivity index is 3.55. The highest BCUT2D eigenvalue weighted by molar-refractivity contribution is 6.74. The maximum absolute atomic E-state index is 10.3. The summed E-state index contributed by atoms with van der Waals surface area (Å²) in [6.45, 7) is 12.7. The van der Waals surface area contributed by atoms with Crippen LogP contribution in [0.5, 0.6) is 0 Å². The lowest BCUT2D eigenvalue weighted by Crippen LogP contribution is -2.41. The molecular weight excluding hydrogens is 236 g/mol. The van der Waals surface area contributed by atoms with Gasteiger partial charge >= 0.3 is 5.97 Å². The van der Waals surface area contributed by atoms with Gasteiger partial charge in [0.2, 0.25) is 0 Å². The smallest absolute Gasteiger partial charge is 0.303 e.